The van der Waals surface area contributed by atoms with Crippen LogP contribution in [0, 0.1) is 5.92 Å². The van der Waals surface area contributed by atoms with Crippen molar-refractivity contribution in [3.8, 4) is 0 Å². The van der Waals surface area contributed by atoms with E-state index in [1.54, 1.807) is 29.5 Å². The van der Waals surface area contributed by atoms with Crippen molar-refractivity contribution in [3.63, 3.8) is 0 Å². The summed E-state index contributed by atoms with van der Waals surface area (Å²) in [6, 6.07) is 11.6. The molecule has 3 aromatic rings. The van der Waals surface area contributed by atoms with E-state index in [4.69, 9.17) is 0 Å². The molecule has 1 unspecified atom stereocenters. The number of benzene rings is 1. The molecule has 0 radical (unpaired) electrons. The van der Waals surface area contributed by atoms with Gasteiger partial charge in [-0.2, -0.15) is 0 Å². The van der Waals surface area contributed by atoms with Crippen LogP contribution in [-0.4, -0.2) is 40.0 Å². The van der Waals surface area contributed by atoms with E-state index in [2.05, 4.69) is 39.6 Å². The molecule has 1 amide bonds. The predicted octanol–water partition coefficient (Wildman–Crippen LogP) is 3.05. The zero-order valence-electron chi connectivity index (χ0n) is 16.6. The van der Waals surface area contributed by atoms with Crippen LogP contribution < -0.4 is 10.9 Å². The van der Waals surface area contributed by atoms with Gasteiger partial charge >= 0.3 is 0 Å². The fourth-order valence-corrected chi connectivity index (χ4v) is 4.73. The monoisotopic (exact) mass is 410 g/mol. The number of likely N-dealkylation sites (tertiary alicyclic amines) is 1. The number of hydrogen-bond acceptors (Lipinski definition) is 5. The molecule has 1 aromatic carbocycles. The quantitative estimate of drug-likeness (QED) is 0.678. The molecule has 1 atom stereocenters. The van der Waals surface area contributed by atoms with Crippen LogP contribution in [0.4, 0.5) is 0 Å². The van der Waals surface area contributed by atoms with E-state index in [9.17, 15) is 9.59 Å². The molecule has 152 valence electrons. The van der Waals surface area contributed by atoms with Gasteiger partial charge in [0.2, 0.25) is 5.91 Å². The van der Waals surface area contributed by atoms with Crippen molar-refractivity contribution in [2.45, 2.75) is 32.4 Å². The summed E-state index contributed by atoms with van der Waals surface area (Å²) in [5, 5.41) is 5.65. The summed E-state index contributed by atoms with van der Waals surface area (Å²) < 4.78 is 1.38. The number of rotatable bonds is 6. The second-order valence-corrected chi connectivity index (χ2v) is 8.73. The van der Waals surface area contributed by atoms with Crippen LogP contribution >= 0.6 is 11.3 Å². The minimum atomic E-state index is -0.189. The molecule has 4 rings (SSSR count). The van der Waals surface area contributed by atoms with E-state index in [-0.39, 0.29) is 24.1 Å². The number of fused-ring (bicyclic) bond motifs is 1. The van der Waals surface area contributed by atoms with Gasteiger partial charge in [0.25, 0.3) is 5.56 Å². The number of nitrogens with zero attached hydrogens (tertiary/aromatic N) is 3. The van der Waals surface area contributed by atoms with Crippen molar-refractivity contribution < 1.29 is 4.79 Å². The van der Waals surface area contributed by atoms with Crippen molar-refractivity contribution in [2.75, 3.05) is 19.6 Å². The van der Waals surface area contributed by atoms with Crippen molar-refractivity contribution in [3.05, 3.63) is 63.3 Å². The molecule has 0 aliphatic carbocycles. The highest BCUT2D eigenvalue weighted by atomic mass is 32.1. The van der Waals surface area contributed by atoms with Gasteiger partial charge in [-0.15, -0.1) is 11.3 Å². The fourth-order valence-electron chi connectivity index (χ4n) is 3.87. The van der Waals surface area contributed by atoms with Gasteiger partial charge in [-0.05, 0) is 55.4 Å². The highest BCUT2D eigenvalue weighted by Crippen LogP contribution is 2.29. The molecule has 0 bridgehead atoms. The van der Waals surface area contributed by atoms with Crippen molar-refractivity contribution in [1.29, 1.82) is 0 Å². The van der Waals surface area contributed by atoms with Gasteiger partial charge in [-0.3, -0.25) is 19.1 Å². The molecular weight excluding hydrogens is 384 g/mol. The van der Waals surface area contributed by atoms with Crippen LogP contribution in [0.2, 0.25) is 0 Å². The average molecular weight is 411 g/mol. The lowest BCUT2D eigenvalue weighted by molar-refractivity contribution is -0.122. The van der Waals surface area contributed by atoms with E-state index < -0.39 is 0 Å². The first-order valence-corrected chi connectivity index (χ1v) is 11.0. The van der Waals surface area contributed by atoms with E-state index in [0.29, 0.717) is 17.4 Å². The summed E-state index contributed by atoms with van der Waals surface area (Å²) in [5.74, 6) is 0.591. The average Bonchev–Trinajstić information content (AvgIpc) is 3.26. The largest absolute Gasteiger partial charge is 0.353 e. The molecule has 1 saturated heterocycles. The Kier molecular flexibility index (Phi) is 6.06. The molecule has 3 heterocycles. The van der Waals surface area contributed by atoms with Crippen LogP contribution in [0.15, 0.2) is 52.9 Å². The molecule has 7 heteroatoms. The maximum Gasteiger partial charge on any atom is 0.261 e. The number of para-hydroxylation sites is 1. The van der Waals surface area contributed by atoms with Crippen molar-refractivity contribution in [2.24, 2.45) is 5.92 Å². The first-order chi connectivity index (χ1) is 14.1. The highest BCUT2D eigenvalue weighted by molar-refractivity contribution is 7.10. The SMILES string of the molecule is CC1CCN(C(CNC(=O)Cn2cnc3ccccc3c2=O)c2cccs2)CC1. The Morgan fingerprint density at radius 1 is 1.24 bits per heavy atom. The number of carbonyl (C=O) groups is 1. The molecule has 0 spiro atoms. The number of piperidine rings is 1. The van der Waals surface area contributed by atoms with Crippen LogP contribution in [0.5, 0.6) is 0 Å². The van der Waals surface area contributed by atoms with E-state index in [1.807, 2.05) is 6.07 Å². The first kappa shape index (κ1) is 19.8. The minimum absolute atomic E-state index is 0.0230. The summed E-state index contributed by atoms with van der Waals surface area (Å²) in [6.07, 6.45) is 3.83. The Balaban J connectivity index is 1.43. The smallest absolute Gasteiger partial charge is 0.261 e. The number of amides is 1. The number of aromatic nitrogens is 2. The normalized spacial score (nSPS) is 16.7. The van der Waals surface area contributed by atoms with Crippen LogP contribution in [0.25, 0.3) is 10.9 Å². The van der Waals surface area contributed by atoms with Crippen LogP contribution in [0.3, 0.4) is 0 Å². The standard InChI is InChI=1S/C22H26N4O2S/c1-16-8-10-25(11-9-16)19(20-7-4-12-29-20)13-23-21(27)14-26-15-24-18-6-3-2-5-17(18)22(26)28/h2-7,12,15-16,19H,8-11,13-14H2,1H3,(H,23,27). The zero-order valence-corrected chi connectivity index (χ0v) is 17.4. The maximum atomic E-state index is 12.6. The van der Waals surface area contributed by atoms with E-state index in [1.165, 1.54) is 28.6 Å². The molecule has 1 aliphatic heterocycles. The van der Waals surface area contributed by atoms with Crippen LogP contribution in [0.1, 0.15) is 30.7 Å². The third kappa shape index (κ3) is 4.57. The lowest BCUT2D eigenvalue weighted by atomic mass is 9.97. The molecule has 29 heavy (non-hydrogen) atoms. The topological polar surface area (TPSA) is 67.2 Å². The Morgan fingerprint density at radius 2 is 2.03 bits per heavy atom. The minimum Gasteiger partial charge on any atom is -0.353 e. The van der Waals surface area contributed by atoms with Gasteiger partial charge in [0.1, 0.15) is 6.54 Å². The third-order valence-corrected chi connectivity index (χ3v) is 6.64. The Labute approximate surface area is 174 Å². The zero-order chi connectivity index (χ0) is 20.2. The fraction of sp³-hybridized carbons (Fsp3) is 0.409. The first-order valence-electron chi connectivity index (χ1n) is 10.1. The van der Waals surface area contributed by atoms with Gasteiger partial charge in [-0.1, -0.05) is 25.1 Å². The van der Waals surface area contributed by atoms with Gasteiger partial charge in [0.05, 0.1) is 23.3 Å². The summed E-state index contributed by atoms with van der Waals surface area (Å²) in [7, 11) is 0. The Morgan fingerprint density at radius 3 is 2.79 bits per heavy atom. The molecule has 1 aliphatic rings. The summed E-state index contributed by atoms with van der Waals surface area (Å²) in [4.78, 5) is 33.2. The number of carbonyl (C=O) groups excluding carboxylic acids is 1. The molecule has 2 aromatic heterocycles. The van der Waals surface area contributed by atoms with E-state index in [0.717, 1.165) is 19.0 Å². The molecule has 1 N–H and O–H groups in total. The lowest BCUT2D eigenvalue weighted by Crippen LogP contribution is -2.42. The predicted molar refractivity (Wildman–Crippen MR) is 116 cm³/mol. The second-order valence-electron chi connectivity index (χ2n) is 7.75. The number of nitrogens with one attached hydrogen (secondary N) is 1. The molecule has 1 fully saturated rings. The Hall–Kier alpha value is -2.51. The molecule has 6 nitrogen and oxygen atoms in total. The summed E-state index contributed by atoms with van der Waals surface area (Å²) in [5.41, 5.74) is 0.455. The lowest BCUT2D eigenvalue weighted by Gasteiger charge is -2.36. The summed E-state index contributed by atoms with van der Waals surface area (Å²) >= 11 is 1.73. The molecule has 0 saturated carbocycles. The summed E-state index contributed by atoms with van der Waals surface area (Å²) in [6.45, 7) is 4.92. The van der Waals surface area contributed by atoms with E-state index >= 15 is 0 Å². The highest BCUT2D eigenvalue weighted by Gasteiger charge is 2.25. The maximum absolute atomic E-state index is 12.6. The Bertz CT molecular complexity index is 1020. The van der Waals surface area contributed by atoms with Gasteiger partial charge < -0.3 is 5.32 Å². The van der Waals surface area contributed by atoms with Gasteiger partial charge in [0, 0.05) is 11.4 Å². The van der Waals surface area contributed by atoms with Crippen LogP contribution in [-0.2, 0) is 11.3 Å². The van der Waals surface area contributed by atoms with Crippen molar-refractivity contribution in [1.82, 2.24) is 19.8 Å². The number of hydrogen-bond donors (Lipinski definition) is 1. The van der Waals surface area contributed by atoms with Gasteiger partial charge in [0.15, 0.2) is 0 Å². The van der Waals surface area contributed by atoms with Crippen molar-refractivity contribution >= 4 is 28.1 Å². The number of thiophene rings is 1. The second kappa shape index (κ2) is 8.88. The van der Waals surface area contributed by atoms with Gasteiger partial charge in [-0.25, -0.2) is 4.98 Å². The third-order valence-electron chi connectivity index (χ3n) is 5.67. The molecular formula is C22H26N4O2S.